The maximum Gasteiger partial charge on any atom is 0.0964 e. The van der Waals surface area contributed by atoms with Crippen LogP contribution in [0.25, 0.3) is 76.4 Å². The molecule has 2 nitrogen and oxygen atoms in total. The molecule has 0 aliphatic carbocycles. The molecule has 166 valence electrons. The van der Waals surface area contributed by atoms with Gasteiger partial charge in [-0.25, -0.2) is 0 Å². The highest BCUT2D eigenvalue weighted by Gasteiger charge is 2.17. The van der Waals surface area contributed by atoms with Crippen molar-refractivity contribution >= 4 is 54.1 Å². The van der Waals surface area contributed by atoms with E-state index >= 15 is 0 Å². The fourth-order valence-corrected chi connectivity index (χ4v) is 5.81. The topological polar surface area (TPSA) is 25.8 Å². The van der Waals surface area contributed by atoms with Crippen LogP contribution in [0.1, 0.15) is 0 Å². The number of benzene rings is 6. The van der Waals surface area contributed by atoms with Crippen LogP contribution in [-0.2, 0) is 0 Å². The molecule has 8 rings (SSSR count). The minimum atomic E-state index is 0.942. The first-order valence-electron chi connectivity index (χ1n) is 12.2. The zero-order chi connectivity index (χ0) is 23.6. The van der Waals surface area contributed by atoms with Crippen molar-refractivity contribution < 1.29 is 0 Å². The van der Waals surface area contributed by atoms with Gasteiger partial charge in [-0.2, -0.15) is 0 Å². The fraction of sp³-hybridized carbons (Fsp3) is 0. The molecule has 2 heterocycles. The Labute approximate surface area is 207 Å². The van der Waals surface area contributed by atoms with Crippen molar-refractivity contribution in [2.45, 2.75) is 0 Å². The van der Waals surface area contributed by atoms with Crippen molar-refractivity contribution in [2.75, 3.05) is 0 Å². The van der Waals surface area contributed by atoms with Gasteiger partial charge in [0.2, 0.25) is 0 Å². The monoisotopic (exact) mass is 456 g/mol. The van der Waals surface area contributed by atoms with Gasteiger partial charge in [0.15, 0.2) is 0 Å². The van der Waals surface area contributed by atoms with E-state index in [0.29, 0.717) is 0 Å². The second-order valence-corrected chi connectivity index (χ2v) is 9.45. The van der Waals surface area contributed by atoms with E-state index in [1.54, 1.807) is 0 Å². The normalized spacial score (nSPS) is 11.9. The summed E-state index contributed by atoms with van der Waals surface area (Å²) >= 11 is 0. The minimum Gasteiger partial charge on any atom is -0.254 e. The molecule has 2 aromatic heterocycles. The van der Waals surface area contributed by atoms with Crippen molar-refractivity contribution in [1.29, 1.82) is 0 Å². The summed E-state index contributed by atoms with van der Waals surface area (Å²) in [6.45, 7) is 0. The fourth-order valence-electron chi connectivity index (χ4n) is 5.81. The molecule has 2 heteroatoms. The largest absolute Gasteiger partial charge is 0.254 e. The molecule has 0 fully saturated rings. The Morgan fingerprint density at radius 3 is 1.89 bits per heavy atom. The minimum absolute atomic E-state index is 0.942. The van der Waals surface area contributed by atoms with Gasteiger partial charge in [0.05, 0.1) is 11.0 Å². The Kier molecular flexibility index (Phi) is 3.97. The number of pyridine rings is 2. The molecule has 0 bridgehead atoms. The second-order valence-electron chi connectivity index (χ2n) is 9.45. The Bertz CT molecular complexity index is 2080. The van der Waals surface area contributed by atoms with Gasteiger partial charge < -0.3 is 0 Å². The van der Waals surface area contributed by atoms with Crippen LogP contribution in [0.5, 0.6) is 0 Å². The molecule has 0 saturated heterocycles. The van der Waals surface area contributed by atoms with Crippen molar-refractivity contribution in [3.05, 3.63) is 122 Å². The molecule has 0 atom stereocenters. The van der Waals surface area contributed by atoms with Gasteiger partial charge >= 0.3 is 0 Å². The molecule has 6 aromatic carbocycles. The molecular formula is C34H20N2. The zero-order valence-electron chi connectivity index (χ0n) is 19.4. The van der Waals surface area contributed by atoms with Crippen LogP contribution >= 0.6 is 0 Å². The van der Waals surface area contributed by atoms with Crippen molar-refractivity contribution in [3.8, 4) is 22.3 Å². The summed E-state index contributed by atoms with van der Waals surface area (Å²) < 4.78 is 0. The van der Waals surface area contributed by atoms with Gasteiger partial charge in [0.25, 0.3) is 0 Å². The highest BCUT2D eigenvalue weighted by Crippen LogP contribution is 2.44. The van der Waals surface area contributed by atoms with E-state index in [4.69, 9.17) is 4.98 Å². The number of aromatic nitrogens is 2. The lowest BCUT2D eigenvalue weighted by atomic mass is 9.86. The Morgan fingerprint density at radius 1 is 0.417 bits per heavy atom. The first kappa shape index (κ1) is 19.5. The first-order chi connectivity index (χ1) is 17.8. The van der Waals surface area contributed by atoms with Crippen LogP contribution in [0, 0.1) is 0 Å². The van der Waals surface area contributed by atoms with Gasteiger partial charge in [0, 0.05) is 28.7 Å². The second kappa shape index (κ2) is 7.34. The summed E-state index contributed by atoms with van der Waals surface area (Å²) in [5, 5.41) is 9.96. The SMILES string of the molecule is c1ccc(-c2cc(-c3cnc4c(ccc5cccnc54)c3)c3ccc4cccc5ccc2c3c54)cc1. The molecule has 0 aliphatic rings. The first-order valence-corrected chi connectivity index (χ1v) is 12.2. The molecule has 0 saturated carbocycles. The molecule has 0 amide bonds. The summed E-state index contributed by atoms with van der Waals surface area (Å²) in [6.07, 6.45) is 3.85. The molecule has 0 N–H and O–H groups in total. The number of hydrogen-bond acceptors (Lipinski definition) is 2. The van der Waals surface area contributed by atoms with E-state index in [1.807, 2.05) is 18.5 Å². The maximum atomic E-state index is 4.93. The summed E-state index contributed by atoms with van der Waals surface area (Å²) in [6, 6.07) is 39.3. The average molecular weight is 457 g/mol. The van der Waals surface area contributed by atoms with Gasteiger partial charge in [-0.3, -0.25) is 9.97 Å². The van der Waals surface area contributed by atoms with E-state index in [-0.39, 0.29) is 0 Å². The molecule has 0 unspecified atom stereocenters. The van der Waals surface area contributed by atoms with Crippen LogP contribution in [0.3, 0.4) is 0 Å². The lowest BCUT2D eigenvalue weighted by Gasteiger charge is -2.18. The zero-order valence-corrected chi connectivity index (χ0v) is 19.4. The predicted octanol–water partition coefficient (Wildman–Crippen LogP) is 9.01. The number of rotatable bonds is 2. The van der Waals surface area contributed by atoms with Gasteiger partial charge in [0.1, 0.15) is 0 Å². The Balaban J connectivity index is 1.50. The van der Waals surface area contributed by atoms with Gasteiger partial charge in [-0.1, -0.05) is 91.0 Å². The van der Waals surface area contributed by atoms with Gasteiger partial charge in [-0.05, 0) is 67.2 Å². The Hall–Kier alpha value is -4.82. The van der Waals surface area contributed by atoms with Gasteiger partial charge in [-0.15, -0.1) is 0 Å². The lowest BCUT2D eigenvalue weighted by Crippen LogP contribution is -1.92. The number of hydrogen-bond donors (Lipinski definition) is 0. The van der Waals surface area contributed by atoms with Crippen molar-refractivity contribution in [3.63, 3.8) is 0 Å². The van der Waals surface area contributed by atoms with Crippen LogP contribution in [0.4, 0.5) is 0 Å². The highest BCUT2D eigenvalue weighted by molar-refractivity contribution is 6.28. The van der Waals surface area contributed by atoms with Crippen LogP contribution in [0.2, 0.25) is 0 Å². The van der Waals surface area contributed by atoms with Crippen LogP contribution in [0.15, 0.2) is 122 Å². The Morgan fingerprint density at radius 2 is 1.08 bits per heavy atom. The third kappa shape index (κ3) is 2.73. The maximum absolute atomic E-state index is 4.93. The van der Waals surface area contributed by atoms with E-state index in [2.05, 4.69) is 108 Å². The van der Waals surface area contributed by atoms with Crippen LogP contribution < -0.4 is 0 Å². The summed E-state index contributed by atoms with van der Waals surface area (Å²) in [4.78, 5) is 9.54. The smallest absolute Gasteiger partial charge is 0.0964 e. The molecule has 8 aromatic rings. The van der Waals surface area contributed by atoms with E-state index < -0.39 is 0 Å². The van der Waals surface area contributed by atoms with Crippen LogP contribution in [-0.4, -0.2) is 9.97 Å². The standard InChI is InChI=1S/C34H20N2/c1-2-6-21(7-3-1)29-19-30(26-18-25-12-11-24-10-5-17-35-33(24)34(25)36-20-26)28-16-14-23-9-4-8-22-13-15-27(29)32(28)31(22)23/h1-20H. The predicted molar refractivity (Wildman–Crippen MR) is 152 cm³/mol. The van der Waals surface area contributed by atoms with Crippen molar-refractivity contribution in [1.82, 2.24) is 9.97 Å². The van der Waals surface area contributed by atoms with E-state index in [1.165, 1.54) is 49.0 Å². The lowest BCUT2D eigenvalue weighted by molar-refractivity contribution is 1.37. The molecule has 0 aliphatic heterocycles. The average Bonchev–Trinajstić information content (AvgIpc) is 2.95. The number of fused-ring (bicyclic) bond motifs is 3. The summed E-state index contributed by atoms with van der Waals surface area (Å²) in [7, 11) is 0. The quantitative estimate of drug-likeness (QED) is 0.243. The summed E-state index contributed by atoms with van der Waals surface area (Å²) in [5.74, 6) is 0. The van der Waals surface area contributed by atoms with E-state index in [0.717, 1.165) is 27.4 Å². The molecule has 0 spiro atoms. The molecule has 0 radical (unpaired) electrons. The molecule has 36 heavy (non-hydrogen) atoms. The number of nitrogens with zero attached hydrogens (tertiary/aromatic N) is 2. The summed E-state index contributed by atoms with van der Waals surface area (Å²) in [5.41, 5.74) is 6.68. The third-order valence-electron chi connectivity index (χ3n) is 7.46. The molecular weight excluding hydrogens is 436 g/mol. The third-order valence-corrected chi connectivity index (χ3v) is 7.46. The van der Waals surface area contributed by atoms with E-state index in [9.17, 15) is 0 Å². The highest BCUT2D eigenvalue weighted by atomic mass is 14.7. The van der Waals surface area contributed by atoms with Crippen molar-refractivity contribution in [2.24, 2.45) is 0 Å².